The summed E-state index contributed by atoms with van der Waals surface area (Å²) in [6, 6.07) is 4.92. The van der Waals surface area contributed by atoms with E-state index in [2.05, 4.69) is 26.9 Å². The highest BCUT2D eigenvalue weighted by Gasteiger charge is 2.33. The van der Waals surface area contributed by atoms with Gasteiger partial charge >= 0.3 is 0 Å². The normalized spacial score (nSPS) is 20.3. The predicted molar refractivity (Wildman–Crippen MR) is 101 cm³/mol. The van der Waals surface area contributed by atoms with E-state index >= 15 is 0 Å². The number of amidine groups is 1. The fourth-order valence-electron chi connectivity index (χ4n) is 2.78. The van der Waals surface area contributed by atoms with Crippen molar-refractivity contribution < 1.29 is 4.39 Å². The smallest absolute Gasteiger partial charge is 0.159 e. The number of benzene rings is 1. The first-order valence-electron chi connectivity index (χ1n) is 7.88. The van der Waals surface area contributed by atoms with E-state index in [0.29, 0.717) is 23.7 Å². The van der Waals surface area contributed by atoms with Gasteiger partial charge in [-0.1, -0.05) is 18.3 Å². The summed E-state index contributed by atoms with van der Waals surface area (Å²) in [4.78, 5) is 13.9. The number of rotatable bonds is 4. The molecule has 0 unspecified atom stereocenters. The van der Waals surface area contributed by atoms with Crippen LogP contribution in [0.25, 0.3) is 0 Å². The van der Waals surface area contributed by atoms with Crippen molar-refractivity contribution in [3.63, 3.8) is 0 Å². The van der Waals surface area contributed by atoms with Gasteiger partial charge in [0.2, 0.25) is 0 Å². The zero-order valence-corrected chi connectivity index (χ0v) is 15.0. The molecule has 0 saturated heterocycles. The van der Waals surface area contributed by atoms with E-state index in [1.54, 1.807) is 24.5 Å². The van der Waals surface area contributed by atoms with Crippen LogP contribution in [-0.2, 0) is 12.1 Å². The van der Waals surface area contributed by atoms with Gasteiger partial charge in [-0.15, -0.1) is 0 Å². The summed E-state index contributed by atoms with van der Waals surface area (Å²) in [5, 5.41) is 3.66. The second kappa shape index (κ2) is 6.84. The molecule has 1 aromatic heterocycles. The lowest BCUT2D eigenvalue weighted by Crippen LogP contribution is -2.28. The number of nitrogens with one attached hydrogen (secondary N) is 1. The Morgan fingerprint density at radius 2 is 2.16 bits per heavy atom. The zero-order valence-electron chi connectivity index (χ0n) is 14.2. The van der Waals surface area contributed by atoms with Crippen LogP contribution in [0.4, 0.5) is 10.1 Å². The van der Waals surface area contributed by atoms with Gasteiger partial charge in [0, 0.05) is 23.9 Å². The molecule has 0 aliphatic carbocycles. The van der Waals surface area contributed by atoms with Crippen molar-refractivity contribution in [3.8, 4) is 0 Å². The van der Waals surface area contributed by atoms with Crippen LogP contribution in [0.15, 0.2) is 47.1 Å². The number of hydrogen-bond donors (Lipinski definition) is 2. The van der Waals surface area contributed by atoms with E-state index < -0.39 is 5.54 Å². The lowest BCUT2D eigenvalue weighted by molar-refractivity contribution is 0.465. The molecule has 1 aromatic carbocycles. The maximum absolute atomic E-state index is 14.5. The highest BCUT2D eigenvalue weighted by molar-refractivity contribution is 8.17. The molecule has 130 valence electrons. The third-order valence-electron chi connectivity index (χ3n) is 4.00. The number of aryl methyl sites for hydroxylation is 1. The van der Waals surface area contributed by atoms with Gasteiger partial charge in [-0.05, 0) is 37.0 Å². The van der Waals surface area contributed by atoms with Gasteiger partial charge in [0.05, 0.1) is 29.7 Å². The minimum atomic E-state index is -0.752. The molecule has 0 saturated carbocycles. The van der Waals surface area contributed by atoms with Crippen molar-refractivity contribution in [3.05, 3.63) is 64.8 Å². The lowest BCUT2D eigenvalue weighted by Gasteiger charge is -2.31. The van der Waals surface area contributed by atoms with Crippen LogP contribution in [-0.4, -0.2) is 15.1 Å². The molecule has 0 bridgehead atoms. The van der Waals surface area contributed by atoms with Crippen molar-refractivity contribution >= 4 is 22.6 Å². The molecule has 0 radical (unpaired) electrons. The number of aromatic nitrogens is 2. The second-order valence-corrected chi connectivity index (χ2v) is 7.44. The predicted octanol–water partition coefficient (Wildman–Crippen LogP) is 3.72. The van der Waals surface area contributed by atoms with Crippen LogP contribution >= 0.6 is 11.8 Å². The minimum Gasteiger partial charge on any atom is -0.379 e. The Bertz CT molecular complexity index is 834. The highest BCUT2D eigenvalue weighted by atomic mass is 32.2. The second-order valence-electron chi connectivity index (χ2n) is 6.24. The number of nitrogens with zero attached hydrogens (tertiary/aromatic N) is 3. The Morgan fingerprint density at radius 3 is 2.84 bits per heavy atom. The molecule has 1 atom stereocenters. The van der Waals surface area contributed by atoms with E-state index in [1.807, 2.05) is 13.8 Å². The number of hydrogen-bond acceptors (Lipinski definition) is 6. The van der Waals surface area contributed by atoms with Gasteiger partial charge < -0.3 is 11.1 Å². The fraction of sp³-hybridized carbons (Fsp3) is 0.278. The Kier molecular flexibility index (Phi) is 4.76. The average Bonchev–Trinajstić information content (AvgIpc) is 2.54. The first-order valence-corrected chi connectivity index (χ1v) is 8.70. The molecule has 25 heavy (non-hydrogen) atoms. The van der Waals surface area contributed by atoms with Crippen LogP contribution in [0.3, 0.4) is 0 Å². The Labute approximate surface area is 150 Å². The summed E-state index contributed by atoms with van der Waals surface area (Å²) in [5.41, 5.74) is 8.09. The largest absolute Gasteiger partial charge is 0.379 e. The molecule has 2 heterocycles. The SMILES string of the molecule is C=C1C[C@@](C)(c2cc(NCc3cnc(C)cn3)ccc2F)N=C(N)S1. The third kappa shape index (κ3) is 3.99. The summed E-state index contributed by atoms with van der Waals surface area (Å²) in [7, 11) is 0. The third-order valence-corrected chi connectivity index (χ3v) is 4.74. The first kappa shape index (κ1) is 17.4. The fourth-order valence-corrected chi connectivity index (χ4v) is 3.68. The molecule has 3 N–H and O–H groups in total. The molecule has 0 spiro atoms. The Balaban J connectivity index is 1.84. The molecule has 1 aliphatic heterocycles. The van der Waals surface area contributed by atoms with Gasteiger partial charge in [0.25, 0.3) is 0 Å². The molecule has 0 amide bonds. The molecule has 0 fully saturated rings. The van der Waals surface area contributed by atoms with Gasteiger partial charge in [-0.3, -0.25) is 15.0 Å². The highest BCUT2D eigenvalue weighted by Crippen LogP contribution is 2.41. The van der Waals surface area contributed by atoms with Crippen molar-refractivity contribution in [1.82, 2.24) is 9.97 Å². The number of aliphatic imine (C=N–C) groups is 1. The van der Waals surface area contributed by atoms with Crippen molar-refractivity contribution in [2.75, 3.05) is 5.32 Å². The Morgan fingerprint density at radius 1 is 1.36 bits per heavy atom. The minimum absolute atomic E-state index is 0.306. The standard InChI is InChI=1S/C18H20FN5S/c1-11-8-22-14(9-21-11)10-23-13-4-5-16(19)15(6-13)18(3)7-12(2)25-17(20)24-18/h4-6,8-9,23H,2,7,10H2,1,3H3,(H2,20,24)/t18-/m0/s1. The van der Waals surface area contributed by atoms with Gasteiger partial charge in [0.1, 0.15) is 5.82 Å². The lowest BCUT2D eigenvalue weighted by atomic mass is 9.88. The quantitative estimate of drug-likeness (QED) is 0.872. The molecule has 3 rings (SSSR count). The molecule has 1 aliphatic rings. The number of thioether (sulfide) groups is 1. The van der Waals surface area contributed by atoms with Crippen molar-refractivity contribution in [1.29, 1.82) is 0 Å². The van der Waals surface area contributed by atoms with Crippen LogP contribution in [0.5, 0.6) is 0 Å². The van der Waals surface area contributed by atoms with E-state index in [4.69, 9.17) is 5.73 Å². The van der Waals surface area contributed by atoms with E-state index in [9.17, 15) is 4.39 Å². The Hall–Kier alpha value is -2.41. The number of halogens is 1. The summed E-state index contributed by atoms with van der Waals surface area (Å²) in [6.45, 7) is 8.23. The molecular formula is C18H20FN5S. The van der Waals surface area contributed by atoms with Gasteiger partial charge in [0.15, 0.2) is 5.17 Å². The van der Waals surface area contributed by atoms with Crippen LogP contribution < -0.4 is 11.1 Å². The van der Waals surface area contributed by atoms with Gasteiger partial charge in [-0.2, -0.15) is 0 Å². The monoisotopic (exact) mass is 357 g/mol. The zero-order chi connectivity index (χ0) is 18.0. The van der Waals surface area contributed by atoms with Crippen LogP contribution in [0.2, 0.25) is 0 Å². The van der Waals surface area contributed by atoms with Crippen molar-refractivity contribution in [2.45, 2.75) is 32.4 Å². The number of anilines is 1. The van der Waals surface area contributed by atoms with E-state index in [1.165, 1.54) is 17.8 Å². The average molecular weight is 357 g/mol. The summed E-state index contributed by atoms with van der Waals surface area (Å²) < 4.78 is 14.5. The maximum Gasteiger partial charge on any atom is 0.159 e. The van der Waals surface area contributed by atoms with E-state index in [-0.39, 0.29) is 5.82 Å². The van der Waals surface area contributed by atoms with Gasteiger partial charge in [-0.25, -0.2) is 4.39 Å². The molecule has 7 heteroatoms. The van der Waals surface area contributed by atoms with Crippen LogP contribution in [0, 0.1) is 12.7 Å². The summed E-state index contributed by atoms with van der Waals surface area (Å²) in [6.07, 6.45) is 3.99. The topological polar surface area (TPSA) is 76.2 Å². The maximum atomic E-state index is 14.5. The molecular weight excluding hydrogens is 337 g/mol. The summed E-state index contributed by atoms with van der Waals surface area (Å²) in [5.74, 6) is -0.306. The number of nitrogens with two attached hydrogens (primary N) is 1. The molecule has 2 aromatic rings. The molecule has 5 nitrogen and oxygen atoms in total. The van der Waals surface area contributed by atoms with E-state index in [0.717, 1.165) is 22.0 Å². The first-order chi connectivity index (χ1) is 11.9. The van der Waals surface area contributed by atoms with Crippen molar-refractivity contribution in [2.24, 2.45) is 10.7 Å². The summed E-state index contributed by atoms with van der Waals surface area (Å²) >= 11 is 1.34. The van der Waals surface area contributed by atoms with Crippen LogP contribution in [0.1, 0.15) is 30.3 Å².